The van der Waals surface area contributed by atoms with E-state index >= 15 is 0 Å². The van der Waals surface area contributed by atoms with Crippen LogP contribution in [0.15, 0.2) is 53.3 Å². The lowest BCUT2D eigenvalue weighted by atomic mass is 10.1. The molecular weight excluding hydrogens is 395 g/mol. The van der Waals surface area contributed by atoms with Crippen LogP contribution in [0, 0.1) is 5.82 Å². The highest BCUT2D eigenvalue weighted by Gasteiger charge is 2.22. The Morgan fingerprint density at radius 1 is 1.21 bits per heavy atom. The molecule has 0 spiro atoms. The molecule has 0 aliphatic carbocycles. The van der Waals surface area contributed by atoms with Crippen molar-refractivity contribution in [3.05, 3.63) is 86.8 Å². The van der Waals surface area contributed by atoms with Gasteiger partial charge in [0.1, 0.15) is 11.6 Å². The second kappa shape index (κ2) is 8.21. The fraction of sp³-hybridized carbons (Fsp3) is 0.286. The van der Waals surface area contributed by atoms with Crippen molar-refractivity contribution in [1.29, 1.82) is 0 Å². The Morgan fingerprint density at radius 2 is 2.00 bits per heavy atom. The van der Waals surface area contributed by atoms with Crippen molar-refractivity contribution in [2.75, 3.05) is 0 Å². The van der Waals surface area contributed by atoms with E-state index in [1.54, 1.807) is 41.0 Å². The zero-order valence-electron chi connectivity index (χ0n) is 15.6. The fourth-order valence-electron chi connectivity index (χ4n) is 3.54. The predicted octanol–water partition coefficient (Wildman–Crippen LogP) is 3.02. The lowest BCUT2D eigenvalue weighted by molar-refractivity contribution is 0.0933. The van der Waals surface area contributed by atoms with Crippen molar-refractivity contribution in [3.63, 3.8) is 0 Å². The van der Waals surface area contributed by atoms with Gasteiger partial charge in [0.25, 0.3) is 5.91 Å². The minimum Gasteiger partial charge on any atom is -0.349 e. The Bertz CT molecular complexity index is 1090. The summed E-state index contributed by atoms with van der Waals surface area (Å²) in [5.41, 5.74) is 1.14. The Kier molecular flexibility index (Phi) is 5.49. The van der Waals surface area contributed by atoms with Gasteiger partial charge in [0, 0.05) is 29.6 Å². The van der Waals surface area contributed by atoms with Crippen LogP contribution in [-0.2, 0) is 19.5 Å². The molecule has 6 nitrogen and oxygen atoms in total. The summed E-state index contributed by atoms with van der Waals surface area (Å²) < 4.78 is 16.1. The summed E-state index contributed by atoms with van der Waals surface area (Å²) in [6.07, 6.45) is 1.92. The molecule has 0 saturated carbocycles. The van der Waals surface area contributed by atoms with Gasteiger partial charge in [-0.15, -0.1) is 0 Å². The molecule has 1 N–H and O–H groups in total. The first kappa shape index (κ1) is 19.4. The van der Waals surface area contributed by atoms with Crippen molar-refractivity contribution < 1.29 is 9.18 Å². The Hall–Kier alpha value is -2.93. The maximum absolute atomic E-state index is 13.1. The Morgan fingerprint density at radius 3 is 2.76 bits per heavy atom. The van der Waals surface area contributed by atoms with E-state index in [0.29, 0.717) is 48.8 Å². The van der Waals surface area contributed by atoms with Crippen LogP contribution in [0.3, 0.4) is 0 Å². The summed E-state index contributed by atoms with van der Waals surface area (Å²) in [5, 5.41) is 7.99. The second-order valence-electron chi connectivity index (χ2n) is 7.14. The highest BCUT2D eigenvalue weighted by Crippen LogP contribution is 2.15. The summed E-state index contributed by atoms with van der Waals surface area (Å²) in [7, 11) is 0. The number of aromatic nitrogens is 3. The normalized spacial score (nSPS) is 16.1. The van der Waals surface area contributed by atoms with Crippen molar-refractivity contribution in [1.82, 2.24) is 19.7 Å². The van der Waals surface area contributed by atoms with Gasteiger partial charge < -0.3 is 5.32 Å². The number of hydrogen-bond donors (Lipinski definition) is 1. The third kappa shape index (κ3) is 4.40. The van der Waals surface area contributed by atoms with Crippen LogP contribution in [0.5, 0.6) is 0 Å². The maximum Gasteiger partial charge on any atom is 0.346 e. The van der Waals surface area contributed by atoms with Crippen molar-refractivity contribution in [3.8, 4) is 0 Å². The average molecular weight is 415 g/mol. The molecule has 4 rings (SSSR count). The van der Waals surface area contributed by atoms with Crippen molar-refractivity contribution >= 4 is 17.5 Å². The summed E-state index contributed by atoms with van der Waals surface area (Å²) in [5.74, 6) is 0.218. The van der Waals surface area contributed by atoms with Gasteiger partial charge in [0.2, 0.25) is 0 Å². The first-order valence-electron chi connectivity index (χ1n) is 9.47. The Balaban J connectivity index is 1.43. The topological polar surface area (TPSA) is 68.9 Å². The van der Waals surface area contributed by atoms with E-state index in [4.69, 9.17) is 11.6 Å². The molecule has 2 heterocycles. The minimum atomic E-state index is -0.312. The molecule has 1 amide bonds. The zero-order chi connectivity index (χ0) is 20.4. The number of fused-ring (bicyclic) bond motifs is 1. The van der Waals surface area contributed by atoms with E-state index in [1.165, 1.54) is 16.8 Å². The smallest absolute Gasteiger partial charge is 0.346 e. The Labute approximate surface area is 171 Å². The van der Waals surface area contributed by atoms with Crippen molar-refractivity contribution in [2.24, 2.45) is 0 Å². The number of aryl methyl sites for hydroxylation is 1. The number of carbonyl (C=O) groups is 1. The minimum absolute atomic E-state index is 0.0480. The monoisotopic (exact) mass is 414 g/mol. The molecule has 150 valence electrons. The highest BCUT2D eigenvalue weighted by molar-refractivity contribution is 6.30. The zero-order valence-corrected chi connectivity index (χ0v) is 16.4. The molecule has 2 aromatic carbocycles. The lowest BCUT2D eigenvalue weighted by Crippen LogP contribution is -2.35. The van der Waals surface area contributed by atoms with E-state index in [9.17, 15) is 14.0 Å². The van der Waals surface area contributed by atoms with Gasteiger partial charge >= 0.3 is 5.69 Å². The first-order valence-corrected chi connectivity index (χ1v) is 9.85. The summed E-state index contributed by atoms with van der Waals surface area (Å²) in [4.78, 5) is 25.2. The molecule has 0 bridgehead atoms. The van der Waals surface area contributed by atoms with Crippen LogP contribution in [-0.4, -0.2) is 26.3 Å². The average Bonchev–Trinajstić information content (AvgIpc) is 2.86. The highest BCUT2D eigenvalue weighted by atomic mass is 35.5. The molecule has 29 heavy (non-hydrogen) atoms. The van der Waals surface area contributed by atoms with Gasteiger partial charge in [0.05, 0.1) is 6.54 Å². The summed E-state index contributed by atoms with van der Waals surface area (Å²) in [6.45, 7) is 0.784. The third-order valence-corrected chi connectivity index (χ3v) is 5.32. The van der Waals surface area contributed by atoms with Crippen LogP contribution in [0.2, 0.25) is 5.02 Å². The van der Waals surface area contributed by atoms with Gasteiger partial charge in [-0.1, -0.05) is 29.8 Å². The molecular formula is C21H20ClFN4O2. The molecule has 1 atom stereocenters. The number of amides is 1. The number of hydrogen-bond acceptors (Lipinski definition) is 3. The number of rotatable bonds is 4. The van der Waals surface area contributed by atoms with Gasteiger partial charge in [-0.05, 0) is 48.7 Å². The van der Waals surface area contributed by atoms with Crippen molar-refractivity contribution in [2.45, 2.75) is 38.4 Å². The number of carbonyl (C=O) groups excluding carboxylic acids is 1. The summed E-state index contributed by atoms with van der Waals surface area (Å²) in [6, 6.07) is 12.8. The number of halogens is 2. The van der Waals surface area contributed by atoms with E-state index in [0.717, 1.165) is 5.56 Å². The van der Waals surface area contributed by atoms with Crippen LogP contribution >= 0.6 is 11.6 Å². The molecule has 0 fully saturated rings. The maximum atomic E-state index is 13.1. The van der Waals surface area contributed by atoms with E-state index in [-0.39, 0.29) is 23.5 Å². The molecule has 3 aromatic rings. The largest absolute Gasteiger partial charge is 0.349 e. The summed E-state index contributed by atoms with van der Waals surface area (Å²) >= 11 is 5.95. The van der Waals surface area contributed by atoms with E-state index in [2.05, 4.69) is 10.4 Å². The van der Waals surface area contributed by atoms with Gasteiger partial charge in [-0.25, -0.2) is 13.9 Å². The van der Waals surface area contributed by atoms with Gasteiger partial charge in [-0.3, -0.25) is 9.36 Å². The quantitative estimate of drug-likeness (QED) is 0.713. The second-order valence-corrected chi connectivity index (χ2v) is 7.58. The molecule has 1 aromatic heterocycles. The number of nitrogens with zero attached hydrogens (tertiary/aromatic N) is 3. The fourth-order valence-corrected chi connectivity index (χ4v) is 3.73. The molecule has 0 saturated heterocycles. The predicted molar refractivity (Wildman–Crippen MR) is 108 cm³/mol. The van der Waals surface area contributed by atoms with Crippen LogP contribution in [0.1, 0.15) is 34.6 Å². The molecule has 1 unspecified atom stereocenters. The van der Waals surface area contributed by atoms with E-state index < -0.39 is 0 Å². The SMILES string of the molecule is O=C(NC1CCc2nn(Cc3ccc(F)cc3)c(=O)n2CC1)c1cccc(Cl)c1. The standard InChI is InChI=1S/C21H20ClFN4O2/c22-16-3-1-2-15(12-16)20(28)24-18-8-9-19-25-27(21(29)26(19)11-10-18)13-14-4-6-17(23)7-5-14/h1-7,12,18H,8-11,13H2,(H,24,28). The molecule has 0 radical (unpaired) electrons. The van der Waals surface area contributed by atoms with E-state index in [1.807, 2.05) is 0 Å². The molecule has 1 aliphatic heterocycles. The lowest BCUT2D eigenvalue weighted by Gasteiger charge is -2.16. The van der Waals surface area contributed by atoms with Gasteiger partial charge in [0.15, 0.2) is 0 Å². The molecule has 1 aliphatic rings. The van der Waals surface area contributed by atoms with Crippen LogP contribution < -0.4 is 11.0 Å². The van der Waals surface area contributed by atoms with Crippen LogP contribution in [0.4, 0.5) is 4.39 Å². The van der Waals surface area contributed by atoms with Crippen LogP contribution in [0.25, 0.3) is 0 Å². The number of nitrogens with one attached hydrogen (secondary N) is 1. The number of benzene rings is 2. The molecule has 8 heteroatoms. The van der Waals surface area contributed by atoms with Gasteiger partial charge in [-0.2, -0.15) is 5.10 Å². The first-order chi connectivity index (χ1) is 14.0. The third-order valence-electron chi connectivity index (χ3n) is 5.08.